The lowest BCUT2D eigenvalue weighted by Crippen LogP contribution is -2.27. The first kappa shape index (κ1) is 16.6. The molecule has 0 aliphatic carbocycles. The van der Waals surface area contributed by atoms with E-state index in [4.69, 9.17) is 9.72 Å². The van der Waals surface area contributed by atoms with Gasteiger partial charge in [0.1, 0.15) is 11.6 Å². The first-order valence-electron chi connectivity index (χ1n) is 8.75. The predicted octanol–water partition coefficient (Wildman–Crippen LogP) is 4.17. The Kier molecular flexibility index (Phi) is 5.18. The average Bonchev–Trinajstić information content (AvgIpc) is 3.02. The molecule has 24 heavy (non-hydrogen) atoms. The summed E-state index contributed by atoms with van der Waals surface area (Å²) in [5, 5.41) is 3.33. The molecular formula is C19H26N4O. The average molecular weight is 326 g/mol. The molecule has 2 heterocycles. The fraction of sp³-hybridized carbons (Fsp3) is 0.474. The van der Waals surface area contributed by atoms with E-state index in [9.17, 15) is 0 Å². The number of nitrogens with one attached hydrogen (secondary N) is 1. The van der Waals surface area contributed by atoms with Gasteiger partial charge in [-0.2, -0.15) is 4.98 Å². The van der Waals surface area contributed by atoms with E-state index in [2.05, 4.69) is 35.1 Å². The molecule has 128 valence electrons. The van der Waals surface area contributed by atoms with Crippen LogP contribution in [0.3, 0.4) is 0 Å². The van der Waals surface area contributed by atoms with Gasteiger partial charge in [0.25, 0.3) is 0 Å². The Labute approximate surface area is 144 Å². The van der Waals surface area contributed by atoms with Gasteiger partial charge in [-0.3, -0.25) is 0 Å². The first-order chi connectivity index (χ1) is 11.7. The second-order valence-corrected chi connectivity index (χ2v) is 6.33. The minimum Gasteiger partial charge on any atom is -0.497 e. The lowest BCUT2D eigenvalue weighted by Gasteiger charge is -2.23. The van der Waals surface area contributed by atoms with Crippen molar-refractivity contribution >= 4 is 17.5 Å². The Bertz CT molecular complexity index is 672. The molecule has 1 aromatic heterocycles. The van der Waals surface area contributed by atoms with E-state index in [-0.39, 0.29) is 0 Å². The number of hydrogen-bond acceptors (Lipinski definition) is 5. The van der Waals surface area contributed by atoms with Crippen molar-refractivity contribution in [2.75, 3.05) is 23.9 Å². The fourth-order valence-electron chi connectivity index (χ4n) is 3.15. The molecule has 1 fully saturated rings. The Morgan fingerprint density at radius 1 is 1.25 bits per heavy atom. The highest BCUT2D eigenvalue weighted by molar-refractivity contribution is 5.57. The second kappa shape index (κ2) is 7.51. The third-order valence-electron chi connectivity index (χ3n) is 4.47. The molecule has 0 bridgehead atoms. The number of methoxy groups -OCH3 is 1. The van der Waals surface area contributed by atoms with Crippen LogP contribution < -0.4 is 15.0 Å². The molecule has 1 aromatic carbocycles. The van der Waals surface area contributed by atoms with Crippen molar-refractivity contribution in [1.29, 1.82) is 0 Å². The molecule has 0 spiro atoms. The van der Waals surface area contributed by atoms with Gasteiger partial charge in [0.2, 0.25) is 5.95 Å². The van der Waals surface area contributed by atoms with Crippen LogP contribution in [0.15, 0.2) is 30.3 Å². The van der Waals surface area contributed by atoms with Crippen LogP contribution in [0, 0.1) is 0 Å². The SMILES string of the molecule is CCCc1cc(N2CCC[C@@H]2C)nc(Nc2ccc(OC)cc2)n1. The van der Waals surface area contributed by atoms with E-state index in [0.29, 0.717) is 12.0 Å². The molecule has 0 saturated carbocycles. The van der Waals surface area contributed by atoms with E-state index >= 15 is 0 Å². The van der Waals surface area contributed by atoms with Crippen molar-refractivity contribution in [3.05, 3.63) is 36.0 Å². The number of rotatable bonds is 6. The third kappa shape index (κ3) is 3.78. The lowest BCUT2D eigenvalue weighted by atomic mass is 10.2. The Morgan fingerprint density at radius 2 is 2.04 bits per heavy atom. The number of aromatic nitrogens is 2. The molecule has 1 saturated heterocycles. The summed E-state index contributed by atoms with van der Waals surface area (Å²) < 4.78 is 5.20. The molecule has 1 atom stereocenters. The lowest BCUT2D eigenvalue weighted by molar-refractivity contribution is 0.415. The summed E-state index contributed by atoms with van der Waals surface area (Å²) in [6.07, 6.45) is 4.51. The van der Waals surface area contributed by atoms with Crippen LogP contribution in [0.25, 0.3) is 0 Å². The van der Waals surface area contributed by atoms with Crippen LogP contribution in [0.2, 0.25) is 0 Å². The third-order valence-corrected chi connectivity index (χ3v) is 4.47. The number of benzene rings is 1. The van der Waals surface area contributed by atoms with Gasteiger partial charge < -0.3 is 15.0 Å². The summed E-state index contributed by atoms with van der Waals surface area (Å²) in [5.74, 6) is 2.54. The highest BCUT2D eigenvalue weighted by Crippen LogP contribution is 2.26. The molecule has 0 amide bonds. The van der Waals surface area contributed by atoms with Crippen molar-refractivity contribution in [1.82, 2.24) is 9.97 Å². The topological polar surface area (TPSA) is 50.3 Å². The quantitative estimate of drug-likeness (QED) is 0.863. The van der Waals surface area contributed by atoms with Gasteiger partial charge >= 0.3 is 0 Å². The molecule has 0 radical (unpaired) electrons. The van der Waals surface area contributed by atoms with E-state index in [1.54, 1.807) is 7.11 Å². The summed E-state index contributed by atoms with van der Waals surface area (Å²) >= 11 is 0. The van der Waals surface area contributed by atoms with Crippen LogP contribution in [-0.2, 0) is 6.42 Å². The van der Waals surface area contributed by atoms with Gasteiger partial charge in [0, 0.05) is 30.0 Å². The summed E-state index contributed by atoms with van der Waals surface area (Å²) in [6, 6.07) is 10.5. The largest absolute Gasteiger partial charge is 0.497 e. The number of ether oxygens (including phenoxy) is 1. The standard InChI is InChI=1S/C19H26N4O/c1-4-6-16-13-18(23-12-5-7-14(23)2)22-19(21-16)20-15-8-10-17(24-3)11-9-15/h8-11,13-14H,4-7,12H2,1-3H3,(H,20,21,22)/t14-/m0/s1. The fourth-order valence-corrected chi connectivity index (χ4v) is 3.15. The summed E-state index contributed by atoms with van der Waals surface area (Å²) in [4.78, 5) is 11.8. The van der Waals surface area contributed by atoms with E-state index in [0.717, 1.165) is 42.3 Å². The zero-order valence-electron chi connectivity index (χ0n) is 14.7. The molecule has 1 N–H and O–H groups in total. The highest BCUT2D eigenvalue weighted by Gasteiger charge is 2.22. The zero-order chi connectivity index (χ0) is 16.9. The highest BCUT2D eigenvalue weighted by atomic mass is 16.5. The molecule has 0 unspecified atom stereocenters. The number of aryl methyl sites for hydroxylation is 1. The van der Waals surface area contributed by atoms with E-state index < -0.39 is 0 Å². The molecule has 5 heteroatoms. The minimum absolute atomic E-state index is 0.545. The number of hydrogen-bond donors (Lipinski definition) is 1. The zero-order valence-corrected chi connectivity index (χ0v) is 14.7. The Balaban J connectivity index is 1.86. The normalized spacial score (nSPS) is 17.1. The first-order valence-corrected chi connectivity index (χ1v) is 8.75. The molecule has 5 nitrogen and oxygen atoms in total. The van der Waals surface area contributed by atoms with Crippen LogP contribution in [0.5, 0.6) is 5.75 Å². The molecule has 1 aliphatic rings. The summed E-state index contributed by atoms with van der Waals surface area (Å²) in [6.45, 7) is 5.52. The maximum Gasteiger partial charge on any atom is 0.229 e. The maximum absolute atomic E-state index is 5.20. The summed E-state index contributed by atoms with van der Waals surface area (Å²) in [7, 11) is 1.67. The summed E-state index contributed by atoms with van der Waals surface area (Å²) in [5.41, 5.74) is 2.06. The number of nitrogens with zero attached hydrogens (tertiary/aromatic N) is 3. The van der Waals surface area contributed by atoms with Gasteiger partial charge in [-0.15, -0.1) is 0 Å². The van der Waals surface area contributed by atoms with Gasteiger partial charge in [-0.1, -0.05) is 13.3 Å². The smallest absolute Gasteiger partial charge is 0.229 e. The number of anilines is 3. The van der Waals surface area contributed by atoms with Crippen LogP contribution in [0.4, 0.5) is 17.5 Å². The van der Waals surface area contributed by atoms with Gasteiger partial charge in [0.05, 0.1) is 7.11 Å². The van der Waals surface area contributed by atoms with E-state index in [1.165, 1.54) is 12.8 Å². The Hall–Kier alpha value is -2.30. The van der Waals surface area contributed by atoms with Crippen molar-refractivity contribution < 1.29 is 4.74 Å². The van der Waals surface area contributed by atoms with E-state index in [1.807, 2.05) is 24.3 Å². The molecular weight excluding hydrogens is 300 g/mol. The molecule has 1 aliphatic heterocycles. The molecule has 3 rings (SSSR count). The predicted molar refractivity (Wildman–Crippen MR) is 98.3 cm³/mol. The monoisotopic (exact) mass is 326 g/mol. The minimum atomic E-state index is 0.545. The van der Waals surface area contributed by atoms with Crippen molar-refractivity contribution in [2.24, 2.45) is 0 Å². The van der Waals surface area contributed by atoms with Crippen LogP contribution in [-0.4, -0.2) is 29.7 Å². The Morgan fingerprint density at radius 3 is 2.67 bits per heavy atom. The van der Waals surface area contributed by atoms with Crippen LogP contribution >= 0.6 is 0 Å². The van der Waals surface area contributed by atoms with Gasteiger partial charge in [-0.25, -0.2) is 4.98 Å². The maximum atomic E-state index is 5.20. The van der Waals surface area contributed by atoms with Crippen molar-refractivity contribution in [3.8, 4) is 5.75 Å². The van der Waals surface area contributed by atoms with Gasteiger partial charge in [-0.05, 0) is 50.5 Å². The second-order valence-electron chi connectivity index (χ2n) is 6.33. The van der Waals surface area contributed by atoms with Crippen molar-refractivity contribution in [2.45, 2.75) is 45.6 Å². The van der Waals surface area contributed by atoms with Gasteiger partial charge in [0.15, 0.2) is 0 Å². The molecule has 2 aromatic rings. The van der Waals surface area contributed by atoms with Crippen LogP contribution in [0.1, 0.15) is 38.8 Å². The van der Waals surface area contributed by atoms with Crippen molar-refractivity contribution in [3.63, 3.8) is 0 Å².